The maximum absolute atomic E-state index is 10.5. The lowest BCUT2D eigenvalue weighted by Gasteiger charge is -2.32. The van der Waals surface area contributed by atoms with Gasteiger partial charge in [0.05, 0.1) is 12.0 Å². The van der Waals surface area contributed by atoms with Gasteiger partial charge in [0, 0.05) is 7.11 Å². The van der Waals surface area contributed by atoms with E-state index in [1.165, 1.54) is 0 Å². The van der Waals surface area contributed by atoms with E-state index in [1.807, 2.05) is 27.7 Å². The van der Waals surface area contributed by atoms with Crippen molar-refractivity contribution in [3.05, 3.63) is 0 Å². The van der Waals surface area contributed by atoms with E-state index in [9.17, 15) is 4.79 Å². The standard InChI is InChI=1S/C10H20O3/c1-9(2,6-8(11)12)7-10(3,4)13-5/h6-7H2,1-5H3,(H,11,12). The fourth-order valence-electron chi connectivity index (χ4n) is 1.70. The highest BCUT2D eigenvalue weighted by Crippen LogP contribution is 2.32. The van der Waals surface area contributed by atoms with E-state index in [4.69, 9.17) is 9.84 Å². The fraction of sp³-hybridized carbons (Fsp3) is 0.900. The van der Waals surface area contributed by atoms with Crippen LogP contribution in [0.3, 0.4) is 0 Å². The first-order chi connectivity index (χ1) is 5.68. The normalized spacial score (nSPS) is 13.0. The highest BCUT2D eigenvalue weighted by Gasteiger charge is 2.30. The number of carboxylic acids is 1. The summed E-state index contributed by atoms with van der Waals surface area (Å²) in [6.07, 6.45) is 0.919. The summed E-state index contributed by atoms with van der Waals surface area (Å²) in [5, 5.41) is 8.68. The van der Waals surface area contributed by atoms with Gasteiger partial charge in [0.2, 0.25) is 0 Å². The minimum atomic E-state index is -0.753. The molecular weight excluding hydrogens is 168 g/mol. The van der Waals surface area contributed by atoms with Crippen molar-refractivity contribution in [2.75, 3.05) is 7.11 Å². The van der Waals surface area contributed by atoms with Gasteiger partial charge in [0.25, 0.3) is 0 Å². The molecule has 0 bridgehead atoms. The molecule has 0 amide bonds. The first-order valence-corrected chi connectivity index (χ1v) is 4.45. The molecule has 3 heteroatoms. The van der Waals surface area contributed by atoms with E-state index < -0.39 is 5.97 Å². The van der Waals surface area contributed by atoms with Crippen LogP contribution in [-0.4, -0.2) is 23.8 Å². The molecule has 0 aromatic heterocycles. The number of carbonyl (C=O) groups is 1. The predicted octanol–water partition coefficient (Wildman–Crippen LogP) is 2.30. The van der Waals surface area contributed by atoms with Crippen molar-refractivity contribution < 1.29 is 14.6 Å². The quantitative estimate of drug-likeness (QED) is 0.720. The third kappa shape index (κ3) is 5.64. The van der Waals surface area contributed by atoms with Crippen molar-refractivity contribution in [2.24, 2.45) is 5.41 Å². The molecule has 0 fully saturated rings. The summed E-state index contributed by atoms with van der Waals surface area (Å²) in [5.41, 5.74) is -0.468. The van der Waals surface area contributed by atoms with Crippen molar-refractivity contribution in [2.45, 2.75) is 46.1 Å². The van der Waals surface area contributed by atoms with Crippen LogP contribution in [0.2, 0.25) is 0 Å². The zero-order valence-corrected chi connectivity index (χ0v) is 9.18. The Bertz CT molecular complexity index is 183. The summed E-state index contributed by atoms with van der Waals surface area (Å²) >= 11 is 0. The molecule has 78 valence electrons. The van der Waals surface area contributed by atoms with Gasteiger partial charge in [-0.2, -0.15) is 0 Å². The molecule has 0 aliphatic rings. The zero-order chi connectivity index (χ0) is 10.7. The Balaban J connectivity index is 4.24. The molecule has 0 aromatic carbocycles. The Labute approximate surface area is 80.1 Å². The summed E-state index contributed by atoms with van der Waals surface area (Å²) in [5.74, 6) is -0.753. The molecule has 3 nitrogen and oxygen atoms in total. The largest absolute Gasteiger partial charge is 0.481 e. The van der Waals surface area contributed by atoms with Gasteiger partial charge >= 0.3 is 5.97 Å². The zero-order valence-electron chi connectivity index (χ0n) is 9.18. The van der Waals surface area contributed by atoms with Crippen molar-refractivity contribution in [3.63, 3.8) is 0 Å². The maximum Gasteiger partial charge on any atom is 0.303 e. The van der Waals surface area contributed by atoms with Crippen molar-refractivity contribution in [3.8, 4) is 0 Å². The summed E-state index contributed by atoms with van der Waals surface area (Å²) in [6.45, 7) is 7.83. The molecule has 0 aliphatic heterocycles. The second kappa shape index (κ2) is 4.09. The lowest BCUT2D eigenvalue weighted by molar-refractivity contribution is -0.140. The molecule has 0 aromatic rings. The Morgan fingerprint density at radius 2 is 1.77 bits per heavy atom. The molecule has 0 heterocycles. The van der Waals surface area contributed by atoms with E-state index >= 15 is 0 Å². The van der Waals surface area contributed by atoms with Crippen LogP contribution in [0.5, 0.6) is 0 Å². The van der Waals surface area contributed by atoms with Crippen molar-refractivity contribution in [1.29, 1.82) is 0 Å². The number of hydrogen-bond acceptors (Lipinski definition) is 2. The van der Waals surface area contributed by atoms with E-state index in [0.717, 1.165) is 6.42 Å². The van der Waals surface area contributed by atoms with Gasteiger partial charge in [-0.3, -0.25) is 4.79 Å². The van der Waals surface area contributed by atoms with E-state index in [1.54, 1.807) is 7.11 Å². The van der Waals surface area contributed by atoms with Gasteiger partial charge in [-0.05, 0) is 25.7 Å². The number of ether oxygens (including phenoxy) is 1. The monoisotopic (exact) mass is 188 g/mol. The molecule has 0 spiro atoms. The SMILES string of the molecule is COC(C)(C)CC(C)(C)CC(=O)O. The lowest BCUT2D eigenvalue weighted by atomic mass is 9.79. The summed E-state index contributed by atoms with van der Waals surface area (Å²) in [4.78, 5) is 10.5. The first kappa shape index (κ1) is 12.4. The van der Waals surface area contributed by atoms with Crippen LogP contribution in [0.15, 0.2) is 0 Å². The summed E-state index contributed by atoms with van der Waals surface area (Å²) in [6, 6.07) is 0. The Hall–Kier alpha value is -0.570. The first-order valence-electron chi connectivity index (χ1n) is 4.45. The molecule has 0 saturated carbocycles. The molecule has 0 unspecified atom stereocenters. The molecule has 0 saturated heterocycles. The molecular formula is C10H20O3. The third-order valence-electron chi connectivity index (χ3n) is 2.09. The van der Waals surface area contributed by atoms with Crippen LogP contribution in [0.25, 0.3) is 0 Å². The molecule has 13 heavy (non-hydrogen) atoms. The van der Waals surface area contributed by atoms with Gasteiger partial charge in [-0.1, -0.05) is 13.8 Å². The van der Waals surface area contributed by atoms with Gasteiger partial charge < -0.3 is 9.84 Å². The smallest absolute Gasteiger partial charge is 0.303 e. The number of rotatable bonds is 5. The van der Waals surface area contributed by atoms with Crippen LogP contribution in [0.1, 0.15) is 40.5 Å². The Kier molecular flexibility index (Phi) is 3.91. The second-order valence-corrected chi connectivity index (χ2v) is 4.88. The Morgan fingerprint density at radius 1 is 1.31 bits per heavy atom. The molecule has 0 radical (unpaired) electrons. The number of aliphatic carboxylic acids is 1. The van der Waals surface area contributed by atoms with Crippen LogP contribution in [0.4, 0.5) is 0 Å². The van der Waals surface area contributed by atoms with Crippen LogP contribution < -0.4 is 0 Å². The van der Waals surface area contributed by atoms with Crippen LogP contribution >= 0.6 is 0 Å². The average Bonchev–Trinajstić information content (AvgIpc) is 1.81. The topological polar surface area (TPSA) is 46.5 Å². The highest BCUT2D eigenvalue weighted by molar-refractivity contribution is 5.67. The van der Waals surface area contributed by atoms with E-state index in [2.05, 4.69) is 0 Å². The minimum absolute atomic E-state index is 0.180. The van der Waals surface area contributed by atoms with Crippen molar-refractivity contribution in [1.82, 2.24) is 0 Å². The number of hydrogen-bond donors (Lipinski definition) is 1. The molecule has 1 N–H and O–H groups in total. The van der Waals surface area contributed by atoms with Gasteiger partial charge in [0.15, 0.2) is 0 Å². The van der Waals surface area contributed by atoms with Crippen LogP contribution in [0, 0.1) is 5.41 Å². The average molecular weight is 188 g/mol. The van der Waals surface area contributed by atoms with Gasteiger partial charge in [-0.15, -0.1) is 0 Å². The minimum Gasteiger partial charge on any atom is -0.481 e. The van der Waals surface area contributed by atoms with Gasteiger partial charge in [0.1, 0.15) is 0 Å². The van der Waals surface area contributed by atoms with Crippen LogP contribution in [-0.2, 0) is 9.53 Å². The second-order valence-electron chi connectivity index (χ2n) is 4.88. The van der Waals surface area contributed by atoms with E-state index in [-0.39, 0.29) is 17.4 Å². The molecule has 0 atom stereocenters. The number of methoxy groups -OCH3 is 1. The lowest BCUT2D eigenvalue weighted by Crippen LogP contribution is -2.31. The third-order valence-corrected chi connectivity index (χ3v) is 2.09. The fourth-order valence-corrected chi connectivity index (χ4v) is 1.70. The Morgan fingerprint density at radius 3 is 2.08 bits per heavy atom. The predicted molar refractivity (Wildman–Crippen MR) is 51.7 cm³/mol. The van der Waals surface area contributed by atoms with Crippen molar-refractivity contribution >= 4 is 5.97 Å². The summed E-state index contributed by atoms with van der Waals surface area (Å²) < 4.78 is 5.26. The maximum atomic E-state index is 10.5. The van der Waals surface area contributed by atoms with E-state index in [0.29, 0.717) is 0 Å². The summed E-state index contributed by atoms with van der Waals surface area (Å²) in [7, 11) is 1.65. The van der Waals surface area contributed by atoms with Gasteiger partial charge in [-0.25, -0.2) is 0 Å². The number of carboxylic acid groups (broad SMARTS) is 1. The highest BCUT2D eigenvalue weighted by atomic mass is 16.5. The molecule has 0 aliphatic carbocycles. The molecule has 0 rings (SSSR count).